The van der Waals surface area contributed by atoms with Crippen LogP contribution in [0, 0.1) is 5.92 Å². The summed E-state index contributed by atoms with van der Waals surface area (Å²) >= 11 is 0. The van der Waals surface area contributed by atoms with Gasteiger partial charge in [0.2, 0.25) is 5.91 Å². The molecule has 2 aromatic rings. The molecule has 1 aliphatic rings. The molecule has 0 aromatic heterocycles. The minimum atomic E-state index is -1.02. The molecule has 0 radical (unpaired) electrons. The van der Waals surface area contributed by atoms with Gasteiger partial charge in [0.1, 0.15) is 12.6 Å². The molecule has 0 spiro atoms. The Labute approximate surface area is 201 Å². The average Bonchev–Trinajstić information content (AvgIpc) is 3.12. The van der Waals surface area contributed by atoms with Crippen molar-refractivity contribution in [2.75, 3.05) is 13.7 Å². The predicted octanol–water partition coefficient (Wildman–Crippen LogP) is 4.65. The highest BCUT2D eigenvalue weighted by atomic mass is 16.5. The lowest BCUT2D eigenvalue weighted by Gasteiger charge is -2.30. The van der Waals surface area contributed by atoms with Crippen LogP contribution in [0.4, 0.5) is 4.79 Å². The SMILES string of the molecule is CC(C)CC(C)N(C)C(=O)C(CCC(=O)O)NC(=O)OCC1c2ccccc2-c2ccccc21. The van der Waals surface area contributed by atoms with E-state index in [0.29, 0.717) is 5.92 Å². The molecule has 2 N–H and O–H groups in total. The molecule has 2 amide bonds. The van der Waals surface area contributed by atoms with Crippen molar-refractivity contribution in [3.8, 4) is 11.1 Å². The van der Waals surface area contributed by atoms with Crippen LogP contribution in [0.5, 0.6) is 0 Å². The smallest absolute Gasteiger partial charge is 0.407 e. The zero-order valence-electron chi connectivity index (χ0n) is 20.3. The number of hydrogen-bond donors (Lipinski definition) is 2. The van der Waals surface area contributed by atoms with E-state index < -0.39 is 18.1 Å². The maximum absolute atomic E-state index is 13.1. The van der Waals surface area contributed by atoms with E-state index in [1.165, 1.54) is 0 Å². The normalized spacial score (nSPS) is 14.1. The van der Waals surface area contributed by atoms with Crippen molar-refractivity contribution in [3.05, 3.63) is 59.7 Å². The molecule has 182 valence electrons. The summed E-state index contributed by atoms with van der Waals surface area (Å²) < 4.78 is 5.56. The van der Waals surface area contributed by atoms with Gasteiger partial charge in [-0.3, -0.25) is 9.59 Å². The summed E-state index contributed by atoms with van der Waals surface area (Å²) in [6.07, 6.45) is -0.155. The van der Waals surface area contributed by atoms with Crippen LogP contribution in [0.25, 0.3) is 11.1 Å². The molecule has 7 nitrogen and oxygen atoms in total. The number of carboxylic acids is 1. The number of carbonyl (C=O) groups is 3. The van der Waals surface area contributed by atoms with Crippen molar-refractivity contribution >= 4 is 18.0 Å². The maximum Gasteiger partial charge on any atom is 0.407 e. The Hall–Kier alpha value is -3.35. The predicted molar refractivity (Wildman–Crippen MR) is 131 cm³/mol. The van der Waals surface area contributed by atoms with Crippen LogP contribution in [0.15, 0.2) is 48.5 Å². The summed E-state index contributed by atoms with van der Waals surface area (Å²) in [6, 6.07) is 15.1. The number of ether oxygens (including phenoxy) is 1. The Kier molecular flexibility index (Phi) is 8.31. The second-order valence-corrected chi connectivity index (χ2v) is 9.38. The minimum absolute atomic E-state index is 0.00288. The number of alkyl carbamates (subject to hydrolysis) is 1. The second kappa shape index (κ2) is 11.2. The summed E-state index contributed by atoms with van der Waals surface area (Å²) in [4.78, 5) is 38.5. The average molecular weight is 467 g/mol. The number of hydrogen-bond acceptors (Lipinski definition) is 4. The third-order valence-electron chi connectivity index (χ3n) is 6.40. The van der Waals surface area contributed by atoms with Crippen LogP contribution >= 0.6 is 0 Å². The third-order valence-corrected chi connectivity index (χ3v) is 6.40. The molecule has 0 heterocycles. The van der Waals surface area contributed by atoms with Crippen LogP contribution in [-0.4, -0.2) is 53.7 Å². The van der Waals surface area contributed by atoms with E-state index in [1.54, 1.807) is 11.9 Å². The van der Waals surface area contributed by atoms with Gasteiger partial charge in [0.25, 0.3) is 0 Å². The molecule has 7 heteroatoms. The highest BCUT2D eigenvalue weighted by molar-refractivity contribution is 5.86. The van der Waals surface area contributed by atoms with E-state index in [4.69, 9.17) is 9.84 Å². The first-order valence-corrected chi connectivity index (χ1v) is 11.8. The van der Waals surface area contributed by atoms with Crippen LogP contribution < -0.4 is 5.32 Å². The van der Waals surface area contributed by atoms with Crippen LogP contribution in [-0.2, 0) is 14.3 Å². The van der Waals surface area contributed by atoms with Crippen molar-refractivity contribution in [2.45, 2.75) is 58.0 Å². The van der Waals surface area contributed by atoms with Gasteiger partial charge in [-0.15, -0.1) is 0 Å². The molecule has 0 bridgehead atoms. The molecule has 0 aliphatic heterocycles. The summed E-state index contributed by atoms with van der Waals surface area (Å²) in [6.45, 7) is 6.22. The zero-order valence-corrected chi connectivity index (χ0v) is 20.3. The minimum Gasteiger partial charge on any atom is -0.481 e. The standard InChI is InChI=1S/C27H34N2O5/c1-17(2)15-18(3)29(4)26(32)24(13-14-25(30)31)28-27(33)34-16-23-21-11-7-5-9-19(21)20-10-6-8-12-22(20)23/h5-12,17-18,23-24H,13-16H2,1-4H3,(H,28,33)(H,30,31). The molecule has 3 rings (SSSR count). The number of carboxylic acid groups (broad SMARTS) is 1. The first kappa shape index (κ1) is 25.3. The van der Waals surface area contributed by atoms with Crippen molar-refractivity contribution in [2.24, 2.45) is 5.92 Å². The largest absolute Gasteiger partial charge is 0.481 e. The molecule has 2 atom stereocenters. The highest BCUT2D eigenvalue weighted by Crippen LogP contribution is 2.44. The van der Waals surface area contributed by atoms with Gasteiger partial charge in [-0.25, -0.2) is 4.79 Å². The molecule has 34 heavy (non-hydrogen) atoms. The van der Waals surface area contributed by atoms with Crippen molar-refractivity contribution in [1.29, 1.82) is 0 Å². The van der Waals surface area contributed by atoms with Gasteiger partial charge in [0.15, 0.2) is 0 Å². The van der Waals surface area contributed by atoms with Crippen LogP contribution in [0.1, 0.15) is 57.1 Å². The first-order chi connectivity index (χ1) is 16.2. The number of rotatable bonds is 10. The first-order valence-electron chi connectivity index (χ1n) is 11.8. The van der Waals surface area contributed by atoms with Gasteiger partial charge in [-0.2, -0.15) is 0 Å². The maximum atomic E-state index is 13.1. The van der Waals surface area contributed by atoms with Gasteiger partial charge in [-0.05, 0) is 47.9 Å². The van der Waals surface area contributed by atoms with E-state index in [0.717, 1.165) is 28.7 Å². The van der Waals surface area contributed by atoms with E-state index in [1.807, 2.05) is 43.3 Å². The fourth-order valence-corrected chi connectivity index (χ4v) is 4.61. The summed E-state index contributed by atoms with van der Waals surface area (Å²) in [5.74, 6) is -1.04. The van der Waals surface area contributed by atoms with Crippen molar-refractivity contribution in [1.82, 2.24) is 10.2 Å². The van der Waals surface area contributed by atoms with E-state index in [2.05, 4.69) is 31.3 Å². The quantitative estimate of drug-likeness (QED) is 0.531. The lowest BCUT2D eigenvalue weighted by atomic mass is 9.98. The number of fused-ring (bicyclic) bond motifs is 3. The van der Waals surface area contributed by atoms with E-state index >= 15 is 0 Å². The van der Waals surface area contributed by atoms with Gasteiger partial charge in [-0.1, -0.05) is 62.4 Å². The van der Waals surface area contributed by atoms with Crippen LogP contribution in [0.2, 0.25) is 0 Å². The highest BCUT2D eigenvalue weighted by Gasteiger charge is 2.31. The Morgan fingerprint density at radius 2 is 1.56 bits per heavy atom. The van der Waals surface area contributed by atoms with Gasteiger partial charge in [0, 0.05) is 25.4 Å². The molecular weight excluding hydrogens is 432 g/mol. The number of benzene rings is 2. The number of nitrogens with zero attached hydrogens (tertiary/aromatic N) is 1. The molecule has 0 fully saturated rings. The van der Waals surface area contributed by atoms with E-state index in [-0.39, 0.29) is 37.3 Å². The van der Waals surface area contributed by atoms with Crippen molar-refractivity contribution in [3.63, 3.8) is 0 Å². The summed E-state index contributed by atoms with van der Waals surface area (Å²) in [5.41, 5.74) is 4.44. The Balaban J connectivity index is 1.68. The number of aliphatic carboxylic acids is 1. The number of likely N-dealkylation sites (N-methyl/N-ethyl adjacent to an activating group) is 1. The Morgan fingerprint density at radius 1 is 1.00 bits per heavy atom. The molecule has 0 saturated heterocycles. The fourth-order valence-electron chi connectivity index (χ4n) is 4.61. The molecule has 1 aliphatic carbocycles. The Bertz CT molecular complexity index is 990. The molecule has 2 aromatic carbocycles. The van der Waals surface area contributed by atoms with Crippen molar-refractivity contribution < 1.29 is 24.2 Å². The van der Waals surface area contributed by atoms with Gasteiger partial charge >= 0.3 is 12.1 Å². The summed E-state index contributed by atoms with van der Waals surface area (Å²) in [7, 11) is 1.68. The number of carbonyl (C=O) groups excluding carboxylic acids is 2. The third kappa shape index (κ3) is 5.95. The van der Waals surface area contributed by atoms with Crippen LogP contribution in [0.3, 0.4) is 0 Å². The molecule has 2 unspecified atom stereocenters. The lowest BCUT2D eigenvalue weighted by molar-refractivity contribution is -0.138. The zero-order chi connectivity index (χ0) is 24.8. The van der Waals surface area contributed by atoms with Gasteiger partial charge in [0.05, 0.1) is 0 Å². The monoisotopic (exact) mass is 466 g/mol. The lowest BCUT2D eigenvalue weighted by Crippen LogP contribution is -2.50. The van der Waals surface area contributed by atoms with Gasteiger partial charge < -0.3 is 20.1 Å². The topological polar surface area (TPSA) is 95.9 Å². The fraction of sp³-hybridized carbons (Fsp3) is 0.444. The number of nitrogens with one attached hydrogen (secondary N) is 1. The summed E-state index contributed by atoms with van der Waals surface area (Å²) in [5, 5.41) is 11.7. The molecular formula is C27H34N2O5. The Morgan fingerprint density at radius 3 is 2.09 bits per heavy atom. The number of amides is 2. The molecule has 0 saturated carbocycles. The second-order valence-electron chi connectivity index (χ2n) is 9.38. The van der Waals surface area contributed by atoms with E-state index in [9.17, 15) is 14.4 Å².